The second-order valence-corrected chi connectivity index (χ2v) is 4.10. The first-order chi connectivity index (χ1) is 8.52. The Balaban J connectivity index is 2.39. The van der Waals surface area contributed by atoms with E-state index in [0.717, 1.165) is 5.69 Å². The molecule has 2 aromatic heterocycles. The van der Waals surface area contributed by atoms with Crippen molar-refractivity contribution in [3.05, 3.63) is 16.4 Å². The molecule has 0 aromatic carbocycles. The van der Waals surface area contributed by atoms with Crippen LogP contribution in [0.1, 0.15) is 11.4 Å². The van der Waals surface area contributed by atoms with Gasteiger partial charge in [-0.25, -0.2) is 4.98 Å². The summed E-state index contributed by atoms with van der Waals surface area (Å²) in [4.78, 5) is 19.6. The molecule has 2 rings (SSSR count). The van der Waals surface area contributed by atoms with Crippen LogP contribution in [0.25, 0.3) is 5.78 Å². The van der Waals surface area contributed by atoms with Crippen LogP contribution in [0, 0.1) is 13.8 Å². The summed E-state index contributed by atoms with van der Waals surface area (Å²) in [6.45, 7) is 3.54. The van der Waals surface area contributed by atoms with Crippen molar-refractivity contribution in [2.45, 2.75) is 13.8 Å². The standard InChI is InChI=1S/C10H12ClN5O2/c1-5-8(11)6(2)16-10(12-5)14-9(15-16)13-7(17)4-18-3/h4H2,1-3H3,(H,13,15,17). The summed E-state index contributed by atoms with van der Waals surface area (Å²) < 4.78 is 6.18. The average Bonchev–Trinajstić information content (AvgIpc) is 2.69. The Bertz CT molecular complexity index is 610. The third kappa shape index (κ3) is 2.27. The Morgan fingerprint density at radius 3 is 2.83 bits per heavy atom. The lowest BCUT2D eigenvalue weighted by atomic mass is 10.3. The van der Waals surface area contributed by atoms with Crippen LogP contribution in [-0.4, -0.2) is 39.2 Å². The molecular weight excluding hydrogens is 258 g/mol. The number of hydrogen-bond acceptors (Lipinski definition) is 5. The highest BCUT2D eigenvalue weighted by molar-refractivity contribution is 6.31. The van der Waals surface area contributed by atoms with Crippen molar-refractivity contribution in [2.75, 3.05) is 19.0 Å². The van der Waals surface area contributed by atoms with Crippen LogP contribution >= 0.6 is 11.6 Å². The summed E-state index contributed by atoms with van der Waals surface area (Å²) in [5, 5.41) is 7.15. The molecule has 0 saturated carbocycles. The van der Waals surface area contributed by atoms with Gasteiger partial charge >= 0.3 is 0 Å². The Kier molecular flexibility index (Phi) is 3.44. The van der Waals surface area contributed by atoms with E-state index in [-0.39, 0.29) is 18.5 Å². The zero-order valence-corrected chi connectivity index (χ0v) is 10.9. The number of carbonyl (C=O) groups is 1. The molecule has 1 N–H and O–H groups in total. The number of rotatable bonds is 3. The van der Waals surface area contributed by atoms with Crippen LogP contribution in [0.5, 0.6) is 0 Å². The van der Waals surface area contributed by atoms with Crippen LogP contribution in [0.4, 0.5) is 5.95 Å². The molecule has 0 aliphatic carbocycles. The van der Waals surface area contributed by atoms with Gasteiger partial charge < -0.3 is 4.74 Å². The molecule has 2 heterocycles. The largest absolute Gasteiger partial charge is 0.375 e. The SMILES string of the molecule is COCC(=O)Nc1nc2nc(C)c(Cl)c(C)n2n1. The summed E-state index contributed by atoms with van der Waals surface area (Å²) in [5.41, 5.74) is 1.39. The second-order valence-electron chi connectivity index (χ2n) is 3.73. The number of methoxy groups -OCH3 is 1. The van der Waals surface area contributed by atoms with E-state index in [1.807, 2.05) is 0 Å². The number of carbonyl (C=O) groups excluding carboxylic acids is 1. The predicted molar refractivity (Wildman–Crippen MR) is 65.8 cm³/mol. The Morgan fingerprint density at radius 2 is 2.17 bits per heavy atom. The van der Waals surface area contributed by atoms with E-state index in [9.17, 15) is 4.79 Å². The maximum absolute atomic E-state index is 11.3. The molecule has 0 saturated heterocycles. The van der Waals surface area contributed by atoms with Crippen LogP contribution in [0.2, 0.25) is 5.02 Å². The van der Waals surface area contributed by atoms with Gasteiger partial charge in [-0.15, -0.1) is 5.10 Å². The number of aryl methyl sites for hydroxylation is 2. The first-order valence-corrected chi connectivity index (χ1v) is 5.59. The van der Waals surface area contributed by atoms with E-state index in [0.29, 0.717) is 16.5 Å². The van der Waals surface area contributed by atoms with Gasteiger partial charge in [-0.3, -0.25) is 10.1 Å². The van der Waals surface area contributed by atoms with E-state index in [2.05, 4.69) is 20.4 Å². The number of hydrogen-bond donors (Lipinski definition) is 1. The molecule has 0 bridgehead atoms. The fraction of sp³-hybridized carbons (Fsp3) is 0.400. The molecule has 0 spiro atoms. The molecule has 0 aliphatic rings. The van der Waals surface area contributed by atoms with Gasteiger partial charge in [-0.1, -0.05) is 11.6 Å². The fourth-order valence-corrected chi connectivity index (χ4v) is 1.62. The van der Waals surface area contributed by atoms with Crippen LogP contribution in [0.15, 0.2) is 0 Å². The van der Waals surface area contributed by atoms with Gasteiger partial charge in [0.05, 0.1) is 16.4 Å². The number of amides is 1. The molecule has 0 aliphatic heterocycles. The van der Waals surface area contributed by atoms with Crippen molar-refractivity contribution < 1.29 is 9.53 Å². The Labute approximate surface area is 108 Å². The molecule has 96 valence electrons. The summed E-state index contributed by atoms with van der Waals surface area (Å²) in [6, 6.07) is 0. The van der Waals surface area contributed by atoms with Gasteiger partial charge in [0.25, 0.3) is 17.6 Å². The monoisotopic (exact) mass is 269 g/mol. The highest BCUT2D eigenvalue weighted by Crippen LogP contribution is 2.19. The van der Waals surface area contributed by atoms with E-state index in [1.165, 1.54) is 11.6 Å². The second kappa shape index (κ2) is 4.87. The molecule has 0 unspecified atom stereocenters. The summed E-state index contributed by atoms with van der Waals surface area (Å²) in [5.74, 6) is 0.241. The average molecular weight is 270 g/mol. The predicted octanol–water partition coefficient (Wildman–Crippen LogP) is 0.979. The summed E-state index contributed by atoms with van der Waals surface area (Å²) >= 11 is 6.06. The van der Waals surface area contributed by atoms with Gasteiger partial charge in [-0.2, -0.15) is 9.50 Å². The quantitative estimate of drug-likeness (QED) is 0.898. The minimum Gasteiger partial charge on any atom is -0.375 e. The topological polar surface area (TPSA) is 81.4 Å². The van der Waals surface area contributed by atoms with Crippen molar-refractivity contribution in [2.24, 2.45) is 0 Å². The molecule has 8 heteroatoms. The molecule has 0 radical (unpaired) electrons. The number of anilines is 1. The van der Waals surface area contributed by atoms with Gasteiger partial charge in [0.15, 0.2) is 0 Å². The number of fused-ring (bicyclic) bond motifs is 1. The normalized spacial score (nSPS) is 10.9. The molecular formula is C10H12ClN5O2. The smallest absolute Gasteiger partial charge is 0.254 e. The summed E-state index contributed by atoms with van der Waals surface area (Å²) in [6.07, 6.45) is 0. The van der Waals surface area contributed by atoms with Crippen molar-refractivity contribution in [1.29, 1.82) is 0 Å². The van der Waals surface area contributed by atoms with Crippen molar-refractivity contribution in [3.8, 4) is 0 Å². The number of aromatic nitrogens is 4. The molecule has 18 heavy (non-hydrogen) atoms. The zero-order chi connectivity index (χ0) is 13.3. The number of ether oxygens (including phenoxy) is 1. The number of nitrogens with zero attached hydrogens (tertiary/aromatic N) is 4. The highest BCUT2D eigenvalue weighted by atomic mass is 35.5. The molecule has 2 aromatic rings. The first kappa shape index (κ1) is 12.7. The van der Waals surface area contributed by atoms with Crippen LogP contribution in [0.3, 0.4) is 0 Å². The third-order valence-electron chi connectivity index (χ3n) is 2.34. The molecule has 0 atom stereocenters. The third-order valence-corrected chi connectivity index (χ3v) is 2.88. The van der Waals surface area contributed by atoms with Crippen LogP contribution in [-0.2, 0) is 9.53 Å². The Hall–Kier alpha value is -1.73. The minimum atomic E-state index is -0.325. The van der Waals surface area contributed by atoms with E-state index in [1.54, 1.807) is 13.8 Å². The van der Waals surface area contributed by atoms with E-state index < -0.39 is 0 Å². The lowest BCUT2D eigenvalue weighted by molar-refractivity contribution is -0.119. The van der Waals surface area contributed by atoms with E-state index in [4.69, 9.17) is 16.3 Å². The lowest BCUT2D eigenvalue weighted by Gasteiger charge is -2.02. The van der Waals surface area contributed by atoms with Gasteiger partial charge in [0, 0.05) is 7.11 Å². The highest BCUT2D eigenvalue weighted by Gasteiger charge is 2.13. The number of nitrogens with one attached hydrogen (secondary N) is 1. The number of halogens is 1. The fourth-order valence-electron chi connectivity index (χ4n) is 1.50. The van der Waals surface area contributed by atoms with Crippen molar-refractivity contribution in [1.82, 2.24) is 19.6 Å². The van der Waals surface area contributed by atoms with Crippen molar-refractivity contribution >= 4 is 29.2 Å². The van der Waals surface area contributed by atoms with E-state index >= 15 is 0 Å². The molecule has 1 amide bonds. The zero-order valence-electron chi connectivity index (χ0n) is 10.2. The Morgan fingerprint density at radius 1 is 1.44 bits per heavy atom. The van der Waals surface area contributed by atoms with Gasteiger partial charge in [-0.05, 0) is 13.8 Å². The van der Waals surface area contributed by atoms with Gasteiger partial charge in [0.1, 0.15) is 6.61 Å². The van der Waals surface area contributed by atoms with Crippen molar-refractivity contribution in [3.63, 3.8) is 0 Å². The molecule has 7 nitrogen and oxygen atoms in total. The summed E-state index contributed by atoms with van der Waals surface area (Å²) in [7, 11) is 1.44. The van der Waals surface area contributed by atoms with Gasteiger partial charge in [0.2, 0.25) is 0 Å². The minimum absolute atomic E-state index is 0.0538. The maximum Gasteiger partial charge on any atom is 0.254 e. The molecule has 0 fully saturated rings. The lowest BCUT2D eigenvalue weighted by Crippen LogP contribution is -2.18. The van der Waals surface area contributed by atoms with Crippen LogP contribution < -0.4 is 5.32 Å². The maximum atomic E-state index is 11.3. The first-order valence-electron chi connectivity index (χ1n) is 5.21.